The first-order chi connectivity index (χ1) is 58.2. The number of carbonyl (C=O) groups excluding carboxylic acids is 9. The van der Waals surface area contributed by atoms with Gasteiger partial charge in [-0.25, -0.2) is 68.7 Å². The zero-order valence-corrected chi connectivity index (χ0v) is 72.4. The van der Waals surface area contributed by atoms with Crippen LogP contribution in [0, 0.1) is 34.5 Å². The van der Waals surface area contributed by atoms with E-state index in [4.69, 9.17) is 40.0 Å². The lowest BCUT2D eigenvalue weighted by molar-refractivity contribution is -0.145. The second-order valence-electron chi connectivity index (χ2n) is 34.7. The molecule has 8 fully saturated rings. The Bertz CT molecular complexity index is 5150. The van der Waals surface area contributed by atoms with Crippen LogP contribution in [-0.4, -0.2) is 221 Å². The normalized spacial score (nSPS) is 23.1. The molecule has 6 aliphatic carbocycles. The van der Waals surface area contributed by atoms with Crippen molar-refractivity contribution in [3.05, 3.63) is 83.6 Å². The molecule has 33 nitrogen and oxygen atoms in total. The molecule has 2 aliphatic heterocycles. The number of benzene rings is 2. The van der Waals surface area contributed by atoms with Crippen LogP contribution in [0.15, 0.2) is 83.6 Å². The third kappa shape index (κ3) is 24.1. The predicted molar refractivity (Wildman–Crippen MR) is 470 cm³/mol. The highest BCUT2D eigenvalue weighted by atomic mass is 32.2. The Morgan fingerprint density at radius 2 is 0.882 bits per heavy atom. The van der Waals surface area contributed by atoms with Gasteiger partial charge in [-0.3, -0.25) is 43.0 Å². The van der Waals surface area contributed by atoms with Gasteiger partial charge in [0.25, 0.3) is 11.8 Å². The molecule has 2 saturated heterocycles. The third-order valence-corrected chi connectivity index (χ3v) is 29.1. The molecule has 6 heterocycles. The first-order valence-electron chi connectivity index (χ1n) is 41.0. The van der Waals surface area contributed by atoms with Crippen LogP contribution in [0.3, 0.4) is 0 Å². The van der Waals surface area contributed by atoms with E-state index in [9.17, 15) is 82.3 Å². The SMILES string of the molecule is C.C.C.C.CC(C)(C)[C@H](N)C(=O)N1C[C@H](Oc2nc3ccccc3nc2-c2cccs2)C[C@H]1C(=O)N[C@]1(C(=O)NS(=O)(=O)C2CC2)C[C@H]1C(F)F.COC(=O)N[C@H](C(=O)N[C@H](C(=O)N1C[C@H](Oc2nc3ccccc3nc2-c2cccs2)C[C@H]1C(=O)N[C@]1(C(=O)NS(=O)(=O)C2CC2)C[C@H]1C(F)F)C(C)(C)C)C1CCCCC1.COC(=O)N[C@H](C(=O)O)C1CCCCC1. The van der Waals surface area contributed by atoms with Gasteiger partial charge in [0, 0.05) is 12.8 Å². The lowest BCUT2D eigenvalue weighted by atomic mass is 9.82. The fourth-order valence-electron chi connectivity index (χ4n) is 16.1. The van der Waals surface area contributed by atoms with Crippen molar-refractivity contribution in [2.45, 2.75) is 270 Å². The van der Waals surface area contributed by atoms with E-state index in [1.165, 1.54) is 46.7 Å². The number of alkyl carbamates (subject to hydrolysis) is 2. The van der Waals surface area contributed by atoms with E-state index in [0.29, 0.717) is 72.0 Å². The van der Waals surface area contributed by atoms with Crippen LogP contribution >= 0.6 is 22.7 Å². The van der Waals surface area contributed by atoms with Crippen molar-refractivity contribution in [3.63, 3.8) is 0 Å². The van der Waals surface area contributed by atoms with Gasteiger partial charge in [0.2, 0.25) is 74.2 Å². The van der Waals surface area contributed by atoms with Gasteiger partial charge >= 0.3 is 18.2 Å². The average Bonchev–Trinajstić information content (AvgIpc) is 1.57. The number of hydrogen-bond acceptors (Lipinski definition) is 25. The number of hydrogen-bond donors (Lipinski definition) is 9. The molecule has 700 valence electrons. The summed E-state index contributed by atoms with van der Waals surface area (Å²) in [5.41, 5.74) is 3.45. The number of aliphatic carboxylic acids is 1. The highest BCUT2D eigenvalue weighted by Crippen LogP contribution is 2.51. The van der Waals surface area contributed by atoms with Crippen molar-refractivity contribution in [3.8, 4) is 32.9 Å². The first kappa shape index (κ1) is 102. The van der Waals surface area contributed by atoms with Gasteiger partial charge in [-0.2, -0.15) is 0 Å². The summed E-state index contributed by atoms with van der Waals surface area (Å²) in [5.74, 6) is -10.5. The molecule has 8 aliphatic rings. The monoisotopic (exact) mass is 1860 g/mol. The fraction of sp³-hybridized carbons (Fsp3) is 0.605. The summed E-state index contributed by atoms with van der Waals surface area (Å²) >= 11 is 2.83. The lowest BCUT2D eigenvalue weighted by Gasteiger charge is -2.37. The number of halogens is 4. The summed E-state index contributed by atoms with van der Waals surface area (Å²) in [6.07, 6.45) is -0.305. The van der Waals surface area contributed by atoms with Gasteiger partial charge in [-0.1, -0.05) is 146 Å². The number of nitrogens with one attached hydrogen (secondary N) is 7. The first-order valence-corrected chi connectivity index (χ1v) is 45.9. The smallest absolute Gasteiger partial charge is 0.407 e. The van der Waals surface area contributed by atoms with Crippen LogP contribution in [0.25, 0.3) is 43.2 Å². The predicted octanol–water partition coefficient (Wildman–Crippen LogP) is 11.0. The maximum absolute atomic E-state index is 15.0. The summed E-state index contributed by atoms with van der Waals surface area (Å²) < 4.78 is 133. The molecular formula is C86H120F4N14O19S4. The van der Waals surface area contributed by atoms with Gasteiger partial charge in [0.1, 0.15) is 64.9 Å². The molecule has 10 N–H and O–H groups in total. The number of ether oxygens (including phenoxy) is 4. The molecule has 0 unspecified atom stereocenters. The van der Waals surface area contributed by atoms with E-state index in [1.54, 1.807) is 65.8 Å². The van der Waals surface area contributed by atoms with Gasteiger partial charge < -0.3 is 66.2 Å². The Morgan fingerprint density at radius 3 is 1.21 bits per heavy atom. The van der Waals surface area contributed by atoms with E-state index in [2.05, 4.69) is 36.3 Å². The second-order valence-corrected chi connectivity index (χ2v) is 40.5. The van der Waals surface area contributed by atoms with E-state index in [-0.39, 0.29) is 79.2 Å². The van der Waals surface area contributed by atoms with Crippen LogP contribution in [-0.2, 0) is 67.9 Å². The zero-order valence-electron chi connectivity index (χ0n) is 69.2. The number of fused-ring (bicyclic) bond motifs is 2. The van der Waals surface area contributed by atoms with Gasteiger partial charge in [-0.15, -0.1) is 22.7 Å². The molecule has 6 saturated carbocycles. The van der Waals surface area contributed by atoms with Gasteiger partial charge in [-0.05, 0) is 134 Å². The second kappa shape index (κ2) is 42.1. The van der Waals surface area contributed by atoms with E-state index in [1.807, 2.05) is 68.7 Å². The Hall–Kier alpha value is -10.00. The number of alkyl halides is 4. The van der Waals surface area contributed by atoms with Crippen LogP contribution < -0.4 is 51.2 Å². The highest BCUT2D eigenvalue weighted by molar-refractivity contribution is 7.91. The number of sulfonamides is 2. The van der Waals surface area contributed by atoms with E-state index in [0.717, 1.165) is 61.1 Å². The fourth-order valence-corrected chi connectivity index (χ4v) is 20.2. The van der Waals surface area contributed by atoms with Crippen molar-refractivity contribution in [1.29, 1.82) is 0 Å². The number of rotatable bonds is 27. The molecule has 6 aromatic rings. The van der Waals surface area contributed by atoms with Crippen LogP contribution in [0.2, 0.25) is 0 Å². The molecule has 2 aromatic carbocycles. The Kier molecular flexibility index (Phi) is 33.9. The maximum Gasteiger partial charge on any atom is 0.407 e. The molecule has 0 radical (unpaired) electrons. The Labute approximate surface area is 745 Å². The van der Waals surface area contributed by atoms with Crippen molar-refractivity contribution >= 4 is 124 Å². The van der Waals surface area contributed by atoms with Gasteiger partial charge in [0.15, 0.2) is 0 Å². The van der Waals surface area contributed by atoms with Gasteiger partial charge in [0.05, 0.1) is 87.5 Å². The number of carboxylic acids is 1. The summed E-state index contributed by atoms with van der Waals surface area (Å²) in [5, 5.41) is 23.8. The number of carboxylic acid groups (broad SMARTS) is 1. The Morgan fingerprint density at radius 1 is 0.512 bits per heavy atom. The minimum atomic E-state index is -4.17. The number of methoxy groups -OCH3 is 2. The highest BCUT2D eigenvalue weighted by Gasteiger charge is 2.68. The van der Waals surface area contributed by atoms with Crippen molar-refractivity contribution in [1.82, 2.24) is 65.8 Å². The number of thiophene rings is 2. The minimum Gasteiger partial charge on any atom is -0.480 e. The minimum absolute atomic E-state index is 0. The maximum atomic E-state index is 15.0. The van der Waals surface area contributed by atoms with Crippen molar-refractivity contribution in [2.75, 3.05) is 27.3 Å². The number of nitrogens with two attached hydrogens (primary N) is 1. The van der Waals surface area contributed by atoms with Crippen molar-refractivity contribution < 1.29 is 106 Å². The Balaban J connectivity index is 0.000000268. The summed E-state index contributed by atoms with van der Waals surface area (Å²) in [7, 11) is -5.83. The quantitative estimate of drug-likeness (QED) is 0.0216. The molecule has 0 bridgehead atoms. The van der Waals surface area contributed by atoms with E-state index >= 15 is 0 Å². The molecule has 4 aromatic heterocycles. The number of nitrogens with zero attached hydrogens (tertiary/aromatic N) is 6. The average molecular weight is 1860 g/mol. The van der Waals surface area contributed by atoms with Crippen LogP contribution in [0.1, 0.15) is 187 Å². The molecule has 14 rings (SSSR count). The largest absolute Gasteiger partial charge is 0.480 e. The zero-order chi connectivity index (χ0) is 89.0. The number of para-hydroxylation sites is 4. The number of carbonyl (C=O) groups is 10. The van der Waals surface area contributed by atoms with Crippen LogP contribution in [0.4, 0.5) is 27.2 Å². The molecule has 41 heteroatoms. The number of amides is 9. The van der Waals surface area contributed by atoms with Crippen LogP contribution in [0.5, 0.6) is 11.8 Å². The molecular weight excluding hydrogens is 1740 g/mol. The van der Waals surface area contributed by atoms with E-state index < -0.39 is 198 Å². The molecule has 12 atom stereocenters. The lowest BCUT2D eigenvalue weighted by Crippen LogP contribution is -2.62. The topological polar surface area (TPSA) is 464 Å². The number of aromatic nitrogens is 4. The summed E-state index contributed by atoms with van der Waals surface area (Å²) in [4.78, 5) is 155. The standard InChI is InChI=1S/C41H51F2N7O9S2.C31H36F2N6O6S2.C10H17NO4.4CH4/c1-40(2,3)32(47-35(52)30(46-39(55)58-4)22-11-6-5-7-12-22)37(53)50-21-23(59-36-31(29-15-10-18-60-29)44-26-13-8-9-14-27(26)45-36)19-28(50)34(51)48-41(20-25(41)33(42)43)38(54)49-61(56,57)24-16-17-24;1-30(2,3)24(34)28(41)39-15-16(45-27-23(22-9-6-12-46-22)35-19-7-4-5-8-20(19)36-27)13-21(39)26(40)37-31(14-18(31)25(32)33)29(42)38-47(43,44)17-10-11-17;1-15-10(14)11-8(9(12)13)7-5-3-2-4-6-7;;;;/h8-10,13-15,18,22-25,28,30,32-33H,5-7,11-12,16-17,19-21H2,1-4H3,(H,46,55)(H,47,52)(H,48,51)(H,49,54);4-9,12,16-18,21,24-25H,10-11,13-15,34H2,1-3H3,(H,37,40)(H,38,42);7-8H,2-6H2,1H3,(H,11,14)(H,12,13);4*1H4/t23-,25+,28+,30+,32-,41-;16-,18+,21+,24-,31-;8-;;;;/m110..../s1. The summed E-state index contributed by atoms with van der Waals surface area (Å²) in [6.45, 7) is 10.1. The molecule has 127 heavy (non-hydrogen) atoms. The van der Waals surface area contributed by atoms with Crippen molar-refractivity contribution in [2.24, 2.45) is 40.2 Å². The number of likely N-dealkylation sites (tertiary alicyclic amines) is 2. The summed E-state index contributed by atoms with van der Waals surface area (Å²) in [6, 6.07) is 14.9. The molecule has 9 amide bonds. The third-order valence-electron chi connectivity index (χ3n) is 23.7. The molecule has 0 spiro atoms.